The first-order valence-electron chi connectivity index (χ1n) is 6.43. The van der Waals surface area contributed by atoms with E-state index in [0.29, 0.717) is 18.6 Å². The van der Waals surface area contributed by atoms with E-state index in [-0.39, 0.29) is 0 Å². The summed E-state index contributed by atoms with van der Waals surface area (Å²) in [5.41, 5.74) is 2.50. The predicted octanol–water partition coefficient (Wildman–Crippen LogP) is 2.31. The van der Waals surface area contributed by atoms with Gasteiger partial charge in [0.1, 0.15) is 12.4 Å². The van der Waals surface area contributed by atoms with Gasteiger partial charge in [-0.25, -0.2) is 0 Å². The van der Waals surface area contributed by atoms with Crippen LogP contribution in [0.1, 0.15) is 17.0 Å². The Morgan fingerprint density at radius 3 is 2.78 bits per heavy atom. The SMILES string of the molecule is C=CCOc1c(CC2CO2)cccc1C1COC1. The molecule has 0 saturated carbocycles. The molecule has 2 fully saturated rings. The molecular weight excluding hydrogens is 228 g/mol. The van der Waals surface area contributed by atoms with Crippen molar-refractivity contribution < 1.29 is 14.2 Å². The minimum atomic E-state index is 0.379. The Morgan fingerprint density at radius 2 is 2.17 bits per heavy atom. The number of hydrogen-bond donors (Lipinski definition) is 0. The summed E-state index contributed by atoms with van der Waals surface area (Å²) in [4.78, 5) is 0. The van der Waals surface area contributed by atoms with Crippen LogP contribution in [0.2, 0.25) is 0 Å². The van der Waals surface area contributed by atoms with Gasteiger partial charge in [0, 0.05) is 17.9 Å². The minimum absolute atomic E-state index is 0.379. The molecule has 1 aromatic rings. The number of ether oxygens (including phenoxy) is 3. The van der Waals surface area contributed by atoms with Crippen molar-refractivity contribution in [3.63, 3.8) is 0 Å². The van der Waals surface area contributed by atoms with Crippen molar-refractivity contribution in [3.05, 3.63) is 42.0 Å². The lowest BCUT2D eigenvalue weighted by atomic mass is 9.93. The molecule has 0 aromatic heterocycles. The van der Waals surface area contributed by atoms with Crippen LogP contribution in [0.15, 0.2) is 30.9 Å². The smallest absolute Gasteiger partial charge is 0.126 e. The Balaban J connectivity index is 1.87. The lowest BCUT2D eigenvalue weighted by Crippen LogP contribution is -2.26. The summed E-state index contributed by atoms with van der Waals surface area (Å²) >= 11 is 0. The highest BCUT2D eigenvalue weighted by molar-refractivity contribution is 5.45. The molecule has 1 aromatic carbocycles. The van der Waals surface area contributed by atoms with Crippen LogP contribution in [0, 0.1) is 0 Å². The zero-order valence-corrected chi connectivity index (χ0v) is 10.4. The highest BCUT2D eigenvalue weighted by Gasteiger charge is 2.28. The van der Waals surface area contributed by atoms with Gasteiger partial charge in [-0.05, 0) is 5.56 Å². The van der Waals surface area contributed by atoms with Gasteiger partial charge in [0.25, 0.3) is 0 Å². The average Bonchev–Trinajstić information content (AvgIpc) is 3.10. The molecule has 0 N–H and O–H groups in total. The van der Waals surface area contributed by atoms with Crippen LogP contribution in [-0.4, -0.2) is 32.5 Å². The van der Waals surface area contributed by atoms with Crippen molar-refractivity contribution in [2.24, 2.45) is 0 Å². The molecule has 0 bridgehead atoms. The fourth-order valence-electron chi connectivity index (χ4n) is 2.25. The molecule has 2 heterocycles. The maximum atomic E-state index is 5.87. The average molecular weight is 246 g/mol. The van der Waals surface area contributed by atoms with Gasteiger partial charge in [0.2, 0.25) is 0 Å². The van der Waals surface area contributed by atoms with E-state index >= 15 is 0 Å². The summed E-state index contributed by atoms with van der Waals surface area (Å²) in [5.74, 6) is 1.49. The second-order valence-electron chi connectivity index (χ2n) is 4.83. The molecule has 1 atom stereocenters. The molecule has 18 heavy (non-hydrogen) atoms. The molecule has 1 unspecified atom stereocenters. The summed E-state index contributed by atoms with van der Waals surface area (Å²) in [6.45, 7) is 6.73. The Morgan fingerprint density at radius 1 is 1.33 bits per heavy atom. The van der Waals surface area contributed by atoms with Crippen LogP contribution in [0.5, 0.6) is 5.75 Å². The Hall–Kier alpha value is -1.32. The third-order valence-electron chi connectivity index (χ3n) is 3.40. The minimum Gasteiger partial charge on any atom is -0.489 e. The summed E-state index contributed by atoms with van der Waals surface area (Å²) in [7, 11) is 0. The van der Waals surface area contributed by atoms with Gasteiger partial charge in [-0.3, -0.25) is 0 Å². The predicted molar refractivity (Wildman–Crippen MR) is 69.1 cm³/mol. The third kappa shape index (κ3) is 2.42. The van der Waals surface area contributed by atoms with Crippen molar-refractivity contribution in [1.82, 2.24) is 0 Å². The summed E-state index contributed by atoms with van der Waals surface area (Å²) in [6.07, 6.45) is 3.10. The first kappa shape index (κ1) is 11.8. The zero-order chi connectivity index (χ0) is 12.4. The summed E-state index contributed by atoms with van der Waals surface area (Å²) in [6, 6.07) is 6.37. The molecule has 3 rings (SSSR count). The van der Waals surface area contributed by atoms with Crippen molar-refractivity contribution in [2.75, 3.05) is 26.4 Å². The number of epoxide rings is 1. The second kappa shape index (κ2) is 5.12. The van der Waals surface area contributed by atoms with Crippen LogP contribution in [0.25, 0.3) is 0 Å². The van der Waals surface area contributed by atoms with E-state index < -0.39 is 0 Å². The van der Waals surface area contributed by atoms with E-state index in [4.69, 9.17) is 14.2 Å². The van der Waals surface area contributed by atoms with E-state index in [2.05, 4.69) is 24.8 Å². The highest BCUT2D eigenvalue weighted by Crippen LogP contribution is 2.36. The topological polar surface area (TPSA) is 31.0 Å². The summed E-state index contributed by atoms with van der Waals surface area (Å²) in [5, 5.41) is 0. The van der Waals surface area contributed by atoms with E-state index in [1.165, 1.54) is 11.1 Å². The lowest BCUT2D eigenvalue weighted by Gasteiger charge is -2.28. The van der Waals surface area contributed by atoms with Crippen molar-refractivity contribution >= 4 is 0 Å². The Bertz CT molecular complexity index is 433. The van der Waals surface area contributed by atoms with Gasteiger partial charge in [0.05, 0.1) is 25.9 Å². The maximum Gasteiger partial charge on any atom is 0.126 e. The van der Waals surface area contributed by atoms with Gasteiger partial charge >= 0.3 is 0 Å². The first-order valence-corrected chi connectivity index (χ1v) is 6.43. The molecule has 2 saturated heterocycles. The monoisotopic (exact) mass is 246 g/mol. The number of hydrogen-bond acceptors (Lipinski definition) is 3. The second-order valence-corrected chi connectivity index (χ2v) is 4.83. The molecule has 2 aliphatic heterocycles. The lowest BCUT2D eigenvalue weighted by molar-refractivity contribution is 0.00736. The van der Waals surface area contributed by atoms with Gasteiger partial charge in [-0.2, -0.15) is 0 Å². The molecule has 0 aliphatic carbocycles. The van der Waals surface area contributed by atoms with Crippen molar-refractivity contribution in [1.29, 1.82) is 0 Å². The highest BCUT2D eigenvalue weighted by atomic mass is 16.6. The fourth-order valence-corrected chi connectivity index (χ4v) is 2.25. The van der Waals surface area contributed by atoms with Gasteiger partial charge in [0.15, 0.2) is 0 Å². The van der Waals surface area contributed by atoms with Crippen LogP contribution < -0.4 is 4.74 Å². The molecule has 96 valence electrons. The van der Waals surface area contributed by atoms with Crippen molar-refractivity contribution in [2.45, 2.75) is 18.4 Å². The molecule has 0 spiro atoms. The maximum absolute atomic E-state index is 5.87. The normalized spacial score (nSPS) is 22.3. The quantitative estimate of drug-likeness (QED) is 0.570. The molecule has 3 heteroatoms. The van der Waals surface area contributed by atoms with Gasteiger partial charge in [-0.1, -0.05) is 30.9 Å². The number of benzene rings is 1. The zero-order valence-electron chi connectivity index (χ0n) is 10.4. The van der Waals surface area contributed by atoms with E-state index in [9.17, 15) is 0 Å². The molecule has 0 amide bonds. The van der Waals surface area contributed by atoms with Crippen LogP contribution in [0.4, 0.5) is 0 Å². The van der Waals surface area contributed by atoms with Crippen LogP contribution in [-0.2, 0) is 15.9 Å². The van der Waals surface area contributed by atoms with Crippen LogP contribution in [0.3, 0.4) is 0 Å². The third-order valence-corrected chi connectivity index (χ3v) is 3.40. The Kier molecular flexibility index (Phi) is 3.35. The largest absolute Gasteiger partial charge is 0.489 e. The number of rotatable bonds is 6. The standard InChI is InChI=1S/C15H18O3/c1-2-6-17-15-11(7-13-10-18-13)4-3-5-14(15)12-8-16-9-12/h2-5,12-13H,1,6-10H2. The van der Waals surface area contributed by atoms with Crippen molar-refractivity contribution in [3.8, 4) is 5.75 Å². The Labute approximate surface area is 107 Å². The number of para-hydroxylation sites is 1. The van der Waals surface area contributed by atoms with E-state index in [1.54, 1.807) is 6.08 Å². The molecule has 0 radical (unpaired) electrons. The molecule has 3 nitrogen and oxygen atoms in total. The van der Waals surface area contributed by atoms with Gasteiger partial charge < -0.3 is 14.2 Å². The fraction of sp³-hybridized carbons (Fsp3) is 0.467. The molecule has 2 aliphatic rings. The first-order chi connectivity index (χ1) is 8.88. The van der Waals surface area contributed by atoms with Gasteiger partial charge in [-0.15, -0.1) is 0 Å². The molecular formula is C15H18O3. The summed E-state index contributed by atoms with van der Waals surface area (Å²) < 4.78 is 16.5. The van der Waals surface area contributed by atoms with Crippen LogP contribution >= 0.6 is 0 Å². The van der Waals surface area contributed by atoms with E-state index in [1.807, 2.05) is 0 Å². The van der Waals surface area contributed by atoms with E-state index in [0.717, 1.165) is 32.0 Å².